The molecule has 0 aliphatic heterocycles. The molecule has 0 aliphatic carbocycles. The minimum absolute atomic E-state index is 0. The summed E-state index contributed by atoms with van der Waals surface area (Å²) in [7, 11) is -5.57. The van der Waals surface area contributed by atoms with Gasteiger partial charge in [-0.1, -0.05) is 118 Å². The van der Waals surface area contributed by atoms with Crippen LogP contribution in [0, 0.1) is 0 Å². The minimum atomic E-state index is -1.19. The molecule has 0 fully saturated rings. The number of hydrogen-bond donors (Lipinski definition) is 0. The zero-order chi connectivity index (χ0) is 31.3. The van der Waals surface area contributed by atoms with Crippen molar-refractivity contribution in [2.24, 2.45) is 0 Å². The molecule has 9 heteroatoms. The molecule has 0 aliphatic rings. The van der Waals surface area contributed by atoms with Gasteiger partial charge in [-0.15, -0.1) is 0 Å². The average molecular weight is 673 g/mol. The van der Waals surface area contributed by atoms with E-state index in [9.17, 15) is 0 Å². The Kier molecular flexibility index (Phi) is 18.0. The molecule has 0 atom stereocenters. The van der Waals surface area contributed by atoms with Crippen molar-refractivity contribution in [3.05, 3.63) is 24.3 Å². The Hall–Kier alpha value is 0.636. The smallest absolute Gasteiger partial charge is 0.857 e. The Balaban J connectivity index is -0.000000576. The second-order valence-corrected chi connectivity index (χ2v) is 47.0. The Morgan fingerprint density at radius 1 is 0.410 bits per heavy atom. The Bertz CT molecular complexity index is 825. The quantitative estimate of drug-likeness (QED) is 0.344. The first kappa shape index (κ1) is 44.1. The van der Waals surface area contributed by atoms with Crippen LogP contribution in [0.3, 0.4) is 0 Å². The summed E-state index contributed by atoms with van der Waals surface area (Å²) in [6.45, 7) is 44.6. The van der Waals surface area contributed by atoms with Crippen molar-refractivity contribution in [2.75, 3.05) is 14.2 Å². The van der Waals surface area contributed by atoms with E-state index in [4.69, 9.17) is 10.2 Å². The van der Waals surface area contributed by atoms with Gasteiger partial charge >= 0.3 is 21.7 Å². The van der Waals surface area contributed by atoms with Gasteiger partial charge in [0.2, 0.25) is 0 Å². The molecule has 0 radical (unpaired) electrons. The van der Waals surface area contributed by atoms with Gasteiger partial charge in [0.15, 0.2) is 0 Å². The van der Waals surface area contributed by atoms with Gasteiger partial charge in [0, 0.05) is 32.3 Å². The first-order chi connectivity index (χ1) is 16.7. The summed E-state index contributed by atoms with van der Waals surface area (Å²) in [5.41, 5.74) is 0. The van der Waals surface area contributed by atoms with Gasteiger partial charge in [0.05, 0.1) is 16.1 Å². The van der Waals surface area contributed by atoms with Gasteiger partial charge in [-0.2, -0.15) is 47.1 Å². The van der Waals surface area contributed by atoms with Gasteiger partial charge in [-0.3, -0.25) is 0 Å². The van der Waals surface area contributed by atoms with Gasteiger partial charge in [-0.05, 0) is 0 Å². The van der Waals surface area contributed by atoms with Crippen LogP contribution in [0.1, 0.15) is 0 Å². The van der Waals surface area contributed by atoms with Crippen molar-refractivity contribution in [1.29, 1.82) is 0 Å². The van der Waals surface area contributed by atoms with E-state index in [1.54, 1.807) is 31.1 Å². The fourth-order valence-electron chi connectivity index (χ4n) is 4.36. The Morgan fingerprint density at radius 2 is 0.615 bits per heavy atom. The molecule has 224 valence electrons. The largest absolute Gasteiger partial charge is 4.00 e. The van der Waals surface area contributed by atoms with Crippen molar-refractivity contribution in [3.8, 4) is 0 Å². The molecule has 0 saturated carbocycles. The molecule has 2 nitrogen and oxygen atoms in total. The zero-order valence-corrected chi connectivity index (χ0v) is 37.2. The topological polar surface area (TPSA) is 46.1 Å². The van der Waals surface area contributed by atoms with E-state index in [1.165, 1.54) is 0 Å². The summed E-state index contributed by atoms with van der Waals surface area (Å²) in [5.74, 6) is 0. The molecule has 2 aromatic carbocycles. The molecule has 2 rings (SSSR count). The molecular formula is C30H64O2Si6Ti. The SMILES string of the molecule is C[O-].C[O-].C[Si](C)(C)c1cc([Si](C)(C)C)[c-]([Si](C)(C)C)c1.C[Si](C)(C)c1cc([Si](C)(C)C)[c-]([Si](C)(C)C)c1.[Ti+4]. The maximum atomic E-state index is 8.25. The Labute approximate surface area is 266 Å². The maximum absolute atomic E-state index is 8.25. The summed E-state index contributed by atoms with van der Waals surface area (Å²) >= 11 is 0. The normalized spacial score (nSPS) is 12.7. The maximum Gasteiger partial charge on any atom is 4.00 e. The van der Waals surface area contributed by atoms with Crippen molar-refractivity contribution in [3.63, 3.8) is 0 Å². The van der Waals surface area contributed by atoms with Crippen LogP contribution in [0.2, 0.25) is 118 Å². The van der Waals surface area contributed by atoms with Crippen LogP contribution in [0.5, 0.6) is 0 Å². The standard InChI is InChI=1S/2C14H29Si3.2CH3O.Ti/c2*1-15(2,3)12-10-13(16(4,5)6)14(11-12)17(7,8)9;2*1-2;/h2*10-11H,1-9H3;2*1H3;/q4*-1;+4. The molecule has 0 N–H and O–H groups in total. The molecular weight excluding hydrogens is 609 g/mol. The van der Waals surface area contributed by atoms with Crippen LogP contribution < -0.4 is 41.3 Å². The van der Waals surface area contributed by atoms with E-state index in [2.05, 4.69) is 142 Å². The van der Waals surface area contributed by atoms with Crippen LogP contribution in [0.4, 0.5) is 0 Å². The van der Waals surface area contributed by atoms with Crippen LogP contribution >= 0.6 is 0 Å². The molecule has 39 heavy (non-hydrogen) atoms. The minimum Gasteiger partial charge on any atom is -0.857 e. The predicted octanol–water partition coefficient (Wildman–Crippen LogP) is 4.03. The van der Waals surface area contributed by atoms with Crippen LogP contribution in [-0.2, 0) is 21.7 Å². The predicted molar refractivity (Wildman–Crippen MR) is 194 cm³/mol. The zero-order valence-electron chi connectivity index (χ0n) is 29.6. The third-order valence-electron chi connectivity index (χ3n) is 6.74. The van der Waals surface area contributed by atoms with E-state index in [1.807, 2.05) is 0 Å². The summed E-state index contributed by atoms with van der Waals surface area (Å²) in [6, 6.07) is 10.3. The van der Waals surface area contributed by atoms with Gasteiger partial charge in [0.25, 0.3) is 0 Å². The Morgan fingerprint density at radius 3 is 0.718 bits per heavy atom. The molecule has 0 bridgehead atoms. The van der Waals surface area contributed by atoms with Gasteiger partial charge in [-0.25, -0.2) is 22.5 Å². The summed E-state index contributed by atoms with van der Waals surface area (Å²) in [4.78, 5) is 0. The van der Waals surface area contributed by atoms with Crippen molar-refractivity contribution in [2.45, 2.75) is 118 Å². The fourth-order valence-corrected chi connectivity index (χ4v) is 17.6. The number of rotatable bonds is 6. The number of hydrogen-bond acceptors (Lipinski definition) is 2. The first-order valence-electron chi connectivity index (χ1n) is 14.1. The van der Waals surface area contributed by atoms with Crippen molar-refractivity contribution in [1.82, 2.24) is 0 Å². The van der Waals surface area contributed by atoms with Gasteiger partial charge in [0.1, 0.15) is 0 Å². The summed E-state index contributed by atoms with van der Waals surface area (Å²) in [6.07, 6.45) is 0. The van der Waals surface area contributed by atoms with Crippen molar-refractivity contribution < 1.29 is 31.9 Å². The molecule has 2 aromatic rings. The van der Waals surface area contributed by atoms with E-state index in [-0.39, 0.29) is 21.7 Å². The van der Waals surface area contributed by atoms with Crippen LogP contribution in [0.15, 0.2) is 24.3 Å². The van der Waals surface area contributed by atoms with E-state index in [0.717, 1.165) is 14.2 Å². The van der Waals surface area contributed by atoms with Crippen LogP contribution in [0.25, 0.3) is 0 Å². The monoisotopic (exact) mass is 672 g/mol. The third-order valence-corrected chi connectivity index (χ3v) is 19.4. The van der Waals surface area contributed by atoms with E-state index >= 15 is 0 Å². The van der Waals surface area contributed by atoms with E-state index in [0.29, 0.717) is 0 Å². The second-order valence-electron chi connectivity index (χ2n) is 16.6. The van der Waals surface area contributed by atoms with Crippen molar-refractivity contribution >= 4 is 79.6 Å². The summed E-state index contributed by atoms with van der Waals surface area (Å²) in [5, 5.41) is 26.8. The molecule has 0 aromatic heterocycles. The molecule has 0 amide bonds. The average Bonchev–Trinajstić information content (AvgIpc) is 3.36. The van der Waals surface area contributed by atoms with Gasteiger partial charge < -0.3 is 10.2 Å². The summed E-state index contributed by atoms with van der Waals surface area (Å²) < 4.78 is 0. The van der Waals surface area contributed by atoms with E-state index < -0.39 is 48.4 Å². The first-order valence-corrected chi connectivity index (χ1v) is 35.1. The second kappa shape index (κ2) is 15.9. The molecule has 0 unspecified atom stereocenters. The fraction of sp³-hybridized carbons (Fsp3) is 0.667. The molecule has 0 heterocycles. The third kappa shape index (κ3) is 14.1. The molecule has 0 spiro atoms. The molecule has 0 saturated heterocycles. The van der Waals surface area contributed by atoms with Crippen LogP contribution in [-0.4, -0.2) is 62.7 Å².